The van der Waals surface area contributed by atoms with Crippen LogP contribution in [0.3, 0.4) is 0 Å². The second-order valence-electron chi connectivity index (χ2n) is 4.54. The Bertz CT molecular complexity index is 619. The minimum absolute atomic E-state index is 0. The van der Waals surface area contributed by atoms with Gasteiger partial charge in [-0.1, -0.05) is 37.9 Å². The molecule has 1 aliphatic rings. The van der Waals surface area contributed by atoms with E-state index in [1.165, 1.54) is 6.07 Å². The van der Waals surface area contributed by atoms with E-state index in [4.69, 9.17) is 4.74 Å². The molecule has 0 aromatic heterocycles. The predicted molar refractivity (Wildman–Crippen MR) is 79.4 cm³/mol. The van der Waals surface area contributed by atoms with Crippen molar-refractivity contribution in [3.63, 3.8) is 0 Å². The Morgan fingerprint density at radius 3 is 2.81 bits per heavy atom. The number of halogens is 1. The Hall–Kier alpha value is -1.19. The first-order valence-corrected chi connectivity index (χ1v) is 6.32. The third-order valence-corrected chi connectivity index (χ3v) is 3.19. The largest absolute Gasteiger partial charge is 0.502 e. The number of rotatable bonds is 4. The number of benzene rings is 1. The number of hydrogen-bond donors (Lipinski definition) is 0. The Kier molecular flexibility index (Phi) is 6.57. The molecule has 0 bridgehead atoms. The van der Waals surface area contributed by atoms with Crippen molar-refractivity contribution in [3.05, 3.63) is 72.2 Å². The van der Waals surface area contributed by atoms with E-state index in [1.54, 1.807) is 24.3 Å². The molecule has 107 valence electrons. The third kappa shape index (κ3) is 3.72. The van der Waals surface area contributed by atoms with Crippen molar-refractivity contribution in [2.45, 2.75) is 6.92 Å². The molecule has 21 heavy (non-hydrogen) atoms. The Morgan fingerprint density at radius 2 is 2.14 bits per heavy atom. The summed E-state index contributed by atoms with van der Waals surface area (Å²) in [5, 5.41) is 0. The van der Waals surface area contributed by atoms with Crippen LogP contribution >= 0.6 is 0 Å². The smallest absolute Gasteiger partial charge is 0.105 e. The van der Waals surface area contributed by atoms with E-state index in [9.17, 15) is 4.39 Å². The zero-order valence-corrected chi connectivity index (χ0v) is 15.2. The van der Waals surface area contributed by atoms with Crippen LogP contribution in [-0.2, 0) is 32.7 Å². The van der Waals surface area contributed by atoms with Crippen LogP contribution in [0.25, 0.3) is 5.70 Å². The molecule has 1 aromatic rings. The zero-order valence-electron chi connectivity index (χ0n) is 12.3. The number of nitrogens with zero attached hydrogens (tertiary/aromatic N) is 1. The minimum atomic E-state index is -0.346. The molecule has 2 rings (SSSR count). The maximum Gasteiger partial charge on any atom is 0.105 e. The molecule has 0 saturated heterocycles. The standard InChI is InChI=1S/C17H17FNO.Y/c1-5-11-20-16-8-6-7-14(18)17(16)15-10-9-12(2)13(3)19(15)4;/h5-9H,1,3,11H2,2,4H3;/q-1;. The van der Waals surface area contributed by atoms with E-state index in [0.717, 1.165) is 11.3 Å². The molecular weight excluding hydrogens is 342 g/mol. The molecule has 1 radical (unpaired) electrons. The van der Waals surface area contributed by atoms with Crippen molar-refractivity contribution in [3.8, 4) is 5.75 Å². The average Bonchev–Trinajstić information content (AvgIpc) is 2.44. The van der Waals surface area contributed by atoms with Crippen molar-refractivity contribution in [2.75, 3.05) is 13.7 Å². The maximum absolute atomic E-state index is 14.2. The van der Waals surface area contributed by atoms with E-state index in [1.807, 2.05) is 18.9 Å². The van der Waals surface area contributed by atoms with Crippen LogP contribution in [-0.4, -0.2) is 18.6 Å². The van der Waals surface area contributed by atoms with Crippen LogP contribution < -0.4 is 4.74 Å². The predicted octanol–water partition coefficient (Wildman–Crippen LogP) is 3.94. The molecule has 0 unspecified atom stereocenters. The molecule has 0 saturated carbocycles. The summed E-state index contributed by atoms with van der Waals surface area (Å²) < 4.78 is 19.8. The third-order valence-electron chi connectivity index (χ3n) is 3.19. The van der Waals surface area contributed by atoms with Crippen LogP contribution in [0.5, 0.6) is 5.75 Å². The van der Waals surface area contributed by atoms with E-state index >= 15 is 0 Å². The average molecular weight is 359 g/mol. The van der Waals surface area contributed by atoms with Crippen molar-refractivity contribution in [2.24, 2.45) is 0 Å². The zero-order chi connectivity index (χ0) is 14.7. The van der Waals surface area contributed by atoms with Gasteiger partial charge in [0.1, 0.15) is 6.61 Å². The van der Waals surface area contributed by atoms with Crippen LogP contribution in [0.4, 0.5) is 4.39 Å². The summed E-state index contributed by atoms with van der Waals surface area (Å²) in [7, 11) is 1.84. The number of allylic oxidation sites excluding steroid dienone is 3. The number of ether oxygens (including phenoxy) is 1. The Labute approximate surface area is 150 Å². The van der Waals surface area contributed by atoms with Gasteiger partial charge in [-0.15, -0.1) is 5.57 Å². The molecule has 1 heterocycles. The summed E-state index contributed by atoms with van der Waals surface area (Å²) >= 11 is 0. The molecule has 0 aliphatic carbocycles. The van der Waals surface area contributed by atoms with Gasteiger partial charge in [0.25, 0.3) is 0 Å². The second kappa shape index (κ2) is 7.72. The fraction of sp³-hybridized carbons (Fsp3) is 0.176. The summed E-state index contributed by atoms with van der Waals surface area (Å²) in [5.41, 5.74) is 2.82. The molecule has 4 heteroatoms. The first kappa shape index (κ1) is 17.9. The molecular formula is C17H17FNOY-. The van der Waals surface area contributed by atoms with Crippen molar-refractivity contribution >= 4 is 5.70 Å². The summed E-state index contributed by atoms with van der Waals surface area (Å²) in [6, 6.07) is 4.77. The molecule has 1 aromatic carbocycles. The van der Waals surface area contributed by atoms with E-state index in [0.29, 0.717) is 23.6 Å². The first-order chi connectivity index (χ1) is 9.56. The van der Waals surface area contributed by atoms with Crippen molar-refractivity contribution in [1.29, 1.82) is 0 Å². The number of likely N-dealkylation sites (N-methyl/N-ethyl adjacent to an activating group) is 1. The Balaban J connectivity index is 0.00000220. The van der Waals surface area contributed by atoms with Crippen LogP contribution in [0.2, 0.25) is 0 Å². The van der Waals surface area contributed by atoms with Gasteiger partial charge in [-0.3, -0.25) is 0 Å². The van der Waals surface area contributed by atoms with Crippen molar-refractivity contribution in [1.82, 2.24) is 4.90 Å². The molecule has 2 nitrogen and oxygen atoms in total. The second-order valence-corrected chi connectivity index (χ2v) is 4.54. The topological polar surface area (TPSA) is 12.5 Å². The monoisotopic (exact) mass is 359 g/mol. The molecule has 0 atom stereocenters. The van der Waals surface area contributed by atoms with Gasteiger partial charge >= 0.3 is 0 Å². The van der Waals surface area contributed by atoms with Gasteiger partial charge in [-0.05, 0) is 23.4 Å². The summed E-state index contributed by atoms with van der Waals surface area (Å²) in [5.74, 6) is 0.127. The van der Waals surface area contributed by atoms with Gasteiger partial charge in [0.15, 0.2) is 0 Å². The fourth-order valence-corrected chi connectivity index (χ4v) is 2.00. The van der Waals surface area contributed by atoms with Crippen molar-refractivity contribution < 1.29 is 41.8 Å². The normalized spacial score (nSPS) is 14.0. The van der Waals surface area contributed by atoms with Crippen LogP contribution in [0, 0.1) is 11.9 Å². The van der Waals surface area contributed by atoms with Gasteiger partial charge in [0.2, 0.25) is 0 Å². The fourth-order valence-electron chi connectivity index (χ4n) is 2.00. The number of hydrogen-bond acceptors (Lipinski definition) is 2. The van der Waals surface area contributed by atoms with Gasteiger partial charge in [-0.2, -0.15) is 12.2 Å². The van der Waals surface area contributed by atoms with E-state index in [2.05, 4.69) is 19.2 Å². The molecule has 0 N–H and O–H groups in total. The summed E-state index contributed by atoms with van der Waals surface area (Å²) in [4.78, 5) is 1.81. The van der Waals surface area contributed by atoms with Crippen LogP contribution in [0.15, 0.2) is 54.8 Å². The Morgan fingerprint density at radius 1 is 1.43 bits per heavy atom. The molecule has 0 amide bonds. The maximum atomic E-state index is 14.2. The van der Waals surface area contributed by atoms with Gasteiger partial charge < -0.3 is 9.64 Å². The molecule has 0 spiro atoms. The molecule has 1 aliphatic heterocycles. The van der Waals surface area contributed by atoms with E-state index in [-0.39, 0.29) is 38.5 Å². The molecule has 0 fully saturated rings. The first-order valence-electron chi connectivity index (χ1n) is 6.32. The summed E-state index contributed by atoms with van der Waals surface area (Å²) in [6.45, 7) is 9.86. The SMILES string of the molecule is C=CCOc1cccc(F)c1C1=[C-]C=C(C)C(=C)N1C.[Y]. The van der Waals surface area contributed by atoms with Gasteiger partial charge in [0, 0.05) is 39.8 Å². The quantitative estimate of drug-likeness (QED) is 0.597. The summed E-state index contributed by atoms with van der Waals surface area (Å²) in [6.07, 6.45) is 6.53. The van der Waals surface area contributed by atoms with Gasteiger partial charge in [-0.25, -0.2) is 4.39 Å². The van der Waals surface area contributed by atoms with E-state index < -0.39 is 0 Å². The van der Waals surface area contributed by atoms with Gasteiger partial charge in [0.05, 0.1) is 11.6 Å². The minimum Gasteiger partial charge on any atom is -0.502 e. The van der Waals surface area contributed by atoms with Crippen LogP contribution in [0.1, 0.15) is 12.5 Å².